The van der Waals surface area contributed by atoms with Gasteiger partial charge in [0.25, 0.3) is 5.56 Å². The summed E-state index contributed by atoms with van der Waals surface area (Å²) in [6.07, 6.45) is 13.6. The minimum absolute atomic E-state index is 0.0267. The maximum Gasteiger partial charge on any atom is 0.262 e. The normalized spacial score (nSPS) is 21.8. The van der Waals surface area contributed by atoms with E-state index in [0.717, 1.165) is 35.9 Å². The van der Waals surface area contributed by atoms with Crippen molar-refractivity contribution in [2.24, 2.45) is 5.92 Å². The molecular formula is C22H31N3O2S. The Labute approximate surface area is 170 Å². The predicted molar refractivity (Wildman–Crippen MR) is 114 cm³/mol. The van der Waals surface area contributed by atoms with Crippen LogP contribution in [-0.4, -0.2) is 21.5 Å². The lowest BCUT2D eigenvalue weighted by Crippen LogP contribution is -2.38. The summed E-state index contributed by atoms with van der Waals surface area (Å²) in [6, 6.07) is 0.320. The lowest BCUT2D eigenvalue weighted by molar-refractivity contribution is -0.122. The molecule has 0 radical (unpaired) electrons. The van der Waals surface area contributed by atoms with Crippen molar-refractivity contribution in [3.05, 3.63) is 27.1 Å². The minimum Gasteiger partial charge on any atom is -0.353 e. The minimum atomic E-state index is 0.0267. The molecule has 0 spiro atoms. The zero-order chi connectivity index (χ0) is 19.5. The van der Waals surface area contributed by atoms with E-state index in [1.54, 1.807) is 22.2 Å². The summed E-state index contributed by atoms with van der Waals surface area (Å²) in [5.41, 5.74) is 1.24. The van der Waals surface area contributed by atoms with Crippen molar-refractivity contribution in [3.8, 4) is 0 Å². The van der Waals surface area contributed by atoms with Crippen molar-refractivity contribution in [2.75, 3.05) is 0 Å². The van der Waals surface area contributed by atoms with Gasteiger partial charge in [0.1, 0.15) is 4.83 Å². The van der Waals surface area contributed by atoms with E-state index in [4.69, 9.17) is 0 Å². The van der Waals surface area contributed by atoms with E-state index in [0.29, 0.717) is 24.9 Å². The molecule has 2 aliphatic carbocycles. The number of nitrogens with zero attached hydrogens (tertiary/aromatic N) is 2. The van der Waals surface area contributed by atoms with E-state index in [-0.39, 0.29) is 11.5 Å². The van der Waals surface area contributed by atoms with E-state index < -0.39 is 0 Å². The first-order valence-electron chi connectivity index (χ1n) is 11.0. The lowest BCUT2D eigenvalue weighted by atomic mass is 9.96. The third-order valence-corrected chi connectivity index (χ3v) is 7.66. The molecule has 2 aliphatic rings. The van der Waals surface area contributed by atoms with Crippen molar-refractivity contribution >= 4 is 27.5 Å². The third-order valence-electron chi connectivity index (χ3n) is 6.46. The zero-order valence-corrected chi connectivity index (χ0v) is 17.7. The molecule has 152 valence electrons. The SMILES string of the molecule is CCCCC1CCCC1NC(=O)CCn1cnc2sc3c(c2c1=O)CCCC3. The van der Waals surface area contributed by atoms with Crippen LogP contribution in [0.15, 0.2) is 11.1 Å². The Hall–Kier alpha value is -1.69. The first kappa shape index (κ1) is 19.6. The monoisotopic (exact) mass is 401 g/mol. The second-order valence-corrected chi connectivity index (χ2v) is 9.48. The summed E-state index contributed by atoms with van der Waals surface area (Å²) in [5.74, 6) is 0.690. The number of unbranched alkanes of at least 4 members (excludes halogenated alkanes) is 1. The summed E-state index contributed by atoms with van der Waals surface area (Å²) in [6.45, 7) is 2.63. The quantitative estimate of drug-likeness (QED) is 0.756. The number of hydrogen-bond donors (Lipinski definition) is 1. The molecule has 2 atom stereocenters. The van der Waals surface area contributed by atoms with Gasteiger partial charge >= 0.3 is 0 Å². The van der Waals surface area contributed by atoms with E-state index in [1.807, 2.05) is 0 Å². The molecule has 1 saturated carbocycles. The molecule has 1 N–H and O–H groups in total. The third kappa shape index (κ3) is 4.02. The van der Waals surface area contributed by atoms with Crippen LogP contribution in [0.4, 0.5) is 0 Å². The Morgan fingerprint density at radius 2 is 2.14 bits per heavy atom. The van der Waals surface area contributed by atoms with Gasteiger partial charge in [-0.3, -0.25) is 14.2 Å². The number of carbonyl (C=O) groups excluding carboxylic acids is 1. The molecular weight excluding hydrogens is 370 g/mol. The topological polar surface area (TPSA) is 64.0 Å². The van der Waals surface area contributed by atoms with Gasteiger partial charge in [-0.25, -0.2) is 4.98 Å². The molecule has 1 amide bonds. The van der Waals surface area contributed by atoms with Crippen molar-refractivity contribution in [2.45, 2.75) is 90.1 Å². The highest BCUT2D eigenvalue weighted by Gasteiger charge is 2.28. The fourth-order valence-electron chi connectivity index (χ4n) is 4.88. The molecule has 0 saturated heterocycles. The summed E-state index contributed by atoms with van der Waals surface area (Å²) in [5, 5.41) is 4.04. The first-order valence-corrected chi connectivity index (χ1v) is 11.8. The molecule has 0 aliphatic heterocycles. The Balaban J connectivity index is 1.40. The molecule has 2 aromatic rings. The van der Waals surface area contributed by atoms with E-state index in [1.165, 1.54) is 49.0 Å². The summed E-state index contributed by atoms with van der Waals surface area (Å²) >= 11 is 1.67. The Kier molecular flexibility index (Phi) is 6.14. The van der Waals surface area contributed by atoms with Crippen LogP contribution >= 0.6 is 11.3 Å². The van der Waals surface area contributed by atoms with Gasteiger partial charge in [-0.2, -0.15) is 0 Å². The standard InChI is InChI=1S/C22H31N3O2S/c1-2-3-7-15-8-6-10-17(15)24-19(26)12-13-25-14-23-21-20(22(25)27)16-9-4-5-11-18(16)28-21/h14-15,17H,2-13H2,1H3,(H,24,26). The number of amides is 1. The maximum absolute atomic E-state index is 13.0. The number of aryl methyl sites for hydroxylation is 3. The van der Waals surface area contributed by atoms with Crippen LogP contribution in [-0.2, 0) is 24.2 Å². The largest absolute Gasteiger partial charge is 0.353 e. The van der Waals surface area contributed by atoms with Crippen LogP contribution in [0.25, 0.3) is 10.2 Å². The van der Waals surface area contributed by atoms with Crippen LogP contribution in [0.1, 0.15) is 75.2 Å². The van der Waals surface area contributed by atoms with E-state index >= 15 is 0 Å². The van der Waals surface area contributed by atoms with Crippen LogP contribution in [0.5, 0.6) is 0 Å². The summed E-state index contributed by atoms with van der Waals surface area (Å²) in [7, 11) is 0. The van der Waals surface area contributed by atoms with Gasteiger partial charge in [-0.05, 0) is 56.4 Å². The Morgan fingerprint density at radius 1 is 1.29 bits per heavy atom. The van der Waals surface area contributed by atoms with Crippen LogP contribution < -0.4 is 10.9 Å². The average Bonchev–Trinajstić information content (AvgIpc) is 3.30. The number of fused-ring (bicyclic) bond motifs is 3. The van der Waals surface area contributed by atoms with E-state index in [2.05, 4.69) is 17.2 Å². The number of nitrogens with one attached hydrogen (secondary N) is 1. The van der Waals surface area contributed by atoms with E-state index in [9.17, 15) is 9.59 Å². The molecule has 2 unspecified atom stereocenters. The van der Waals surface area contributed by atoms with Gasteiger partial charge in [0.05, 0.1) is 11.7 Å². The Bertz CT molecular complexity index is 901. The highest BCUT2D eigenvalue weighted by atomic mass is 32.1. The second-order valence-electron chi connectivity index (χ2n) is 8.39. The molecule has 2 aromatic heterocycles. The van der Waals surface area contributed by atoms with Crippen molar-refractivity contribution in [3.63, 3.8) is 0 Å². The van der Waals surface area contributed by atoms with Gasteiger partial charge in [-0.1, -0.05) is 26.2 Å². The first-order chi connectivity index (χ1) is 13.7. The fraction of sp³-hybridized carbons (Fsp3) is 0.682. The van der Waals surface area contributed by atoms with Crippen molar-refractivity contribution in [1.29, 1.82) is 0 Å². The summed E-state index contributed by atoms with van der Waals surface area (Å²) in [4.78, 5) is 32.2. The van der Waals surface area contributed by atoms with Crippen molar-refractivity contribution < 1.29 is 4.79 Å². The molecule has 1 fully saturated rings. The number of rotatable bonds is 7. The molecule has 2 heterocycles. The molecule has 0 aromatic carbocycles. The molecule has 0 bridgehead atoms. The smallest absolute Gasteiger partial charge is 0.262 e. The van der Waals surface area contributed by atoms with Crippen LogP contribution in [0.2, 0.25) is 0 Å². The fourth-order valence-corrected chi connectivity index (χ4v) is 6.10. The van der Waals surface area contributed by atoms with Gasteiger partial charge < -0.3 is 5.32 Å². The second kappa shape index (κ2) is 8.76. The zero-order valence-electron chi connectivity index (χ0n) is 16.8. The van der Waals surface area contributed by atoms with Gasteiger partial charge in [0.2, 0.25) is 5.91 Å². The molecule has 4 rings (SSSR count). The lowest BCUT2D eigenvalue weighted by Gasteiger charge is -2.21. The van der Waals surface area contributed by atoms with Crippen LogP contribution in [0, 0.1) is 5.92 Å². The predicted octanol–water partition coefficient (Wildman–Crippen LogP) is 4.20. The molecule has 5 nitrogen and oxygen atoms in total. The molecule has 28 heavy (non-hydrogen) atoms. The number of carbonyl (C=O) groups is 1. The number of aromatic nitrogens is 2. The maximum atomic E-state index is 13.0. The van der Waals surface area contributed by atoms with Gasteiger partial charge in [-0.15, -0.1) is 11.3 Å². The average molecular weight is 402 g/mol. The number of hydrogen-bond acceptors (Lipinski definition) is 4. The van der Waals surface area contributed by atoms with Gasteiger partial charge in [0, 0.05) is 23.9 Å². The Morgan fingerprint density at radius 3 is 3.00 bits per heavy atom. The summed E-state index contributed by atoms with van der Waals surface area (Å²) < 4.78 is 1.63. The van der Waals surface area contributed by atoms with Crippen molar-refractivity contribution in [1.82, 2.24) is 14.9 Å². The van der Waals surface area contributed by atoms with Crippen LogP contribution in [0.3, 0.4) is 0 Å². The van der Waals surface area contributed by atoms with Gasteiger partial charge in [0.15, 0.2) is 0 Å². The highest BCUT2D eigenvalue weighted by Crippen LogP contribution is 2.33. The number of thiophene rings is 1. The highest BCUT2D eigenvalue weighted by molar-refractivity contribution is 7.18. The molecule has 6 heteroatoms.